The van der Waals surface area contributed by atoms with Crippen molar-refractivity contribution in [2.75, 3.05) is 39.3 Å². The SMILES string of the molecule is Cc1cc(C(CN2CCCC2)C(=O)C(CN2CCCC2)c2cc(C)n(C)c2C)c(C)n1C. The smallest absolute Gasteiger partial charge is 0.150 e. The molecule has 176 valence electrons. The number of likely N-dealkylation sites (tertiary alicyclic amines) is 2. The minimum Gasteiger partial charge on any atom is -0.352 e. The van der Waals surface area contributed by atoms with E-state index in [-0.39, 0.29) is 11.8 Å². The van der Waals surface area contributed by atoms with Gasteiger partial charge in [0.2, 0.25) is 0 Å². The van der Waals surface area contributed by atoms with Crippen molar-refractivity contribution in [3.63, 3.8) is 0 Å². The molecule has 0 saturated carbocycles. The average Bonchev–Trinajstić information content (AvgIpc) is 3.56. The topological polar surface area (TPSA) is 33.4 Å². The van der Waals surface area contributed by atoms with Crippen molar-refractivity contribution in [2.24, 2.45) is 14.1 Å². The van der Waals surface area contributed by atoms with Gasteiger partial charge in [-0.05, 0) is 103 Å². The van der Waals surface area contributed by atoms with E-state index in [4.69, 9.17) is 0 Å². The number of rotatable bonds is 8. The first kappa shape index (κ1) is 23.3. The van der Waals surface area contributed by atoms with Gasteiger partial charge in [0.1, 0.15) is 5.78 Å². The summed E-state index contributed by atoms with van der Waals surface area (Å²) >= 11 is 0. The van der Waals surface area contributed by atoms with Crippen molar-refractivity contribution in [3.8, 4) is 0 Å². The predicted molar refractivity (Wildman–Crippen MR) is 132 cm³/mol. The molecular formula is C27H42N4O. The standard InChI is InChI=1S/C27H42N4O/c1-19-15-23(21(3)28(19)5)25(17-30-11-7-8-12-30)27(32)26(18-31-13-9-10-14-31)24-16-20(2)29(6)22(24)4/h15-16,25-26H,7-14,17-18H2,1-6H3. The molecule has 4 heterocycles. The van der Waals surface area contributed by atoms with Crippen LogP contribution in [0, 0.1) is 27.7 Å². The molecule has 2 aromatic heterocycles. The van der Waals surface area contributed by atoms with Crippen molar-refractivity contribution in [1.29, 1.82) is 0 Å². The van der Waals surface area contributed by atoms with E-state index in [0.29, 0.717) is 5.78 Å². The third kappa shape index (κ3) is 4.47. The van der Waals surface area contributed by atoms with Gasteiger partial charge in [0.25, 0.3) is 0 Å². The summed E-state index contributed by atoms with van der Waals surface area (Å²) in [5.74, 6) is 0.271. The summed E-state index contributed by atoms with van der Waals surface area (Å²) in [6, 6.07) is 4.54. The number of aryl methyl sites for hydroxylation is 2. The van der Waals surface area contributed by atoms with E-state index < -0.39 is 0 Å². The van der Waals surface area contributed by atoms with Crippen LogP contribution in [0.1, 0.15) is 71.4 Å². The van der Waals surface area contributed by atoms with Crippen molar-refractivity contribution < 1.29 is 4.79 Å². The Bertz CT molecular complexity index is 881. The zero-order chi connectivity index (χ0) is 23.0. The molecule has 4 rings (SSSR count). The Morgan fingerprint density at radius 1 is 0.719 bits per heavy atom. The lowest BCUT2D eigenvalue weighted by Gasteiger charge is -2.29. The van der Waals surface area contributed by atoms with Gasteiger partial charge in [-0.1, -0.05) is 0 Å². The molecule has 0 N–H and O–H groups in total. The van der Waals surface area contributed by atoms with E-state index in [1.807, 2.05) is 0 Å². The number of hydrogen-bond acceptors (Lipinski definition) is 3. The number of Topliss-reactive ketones (excluding diaryl/α,β-unsaturated/α-hetero) is 1. The van der Waals surface area contributed by atoms with Crippen LogP contribution in [0.5, 0.6) is 0 Å². The largest absolute Gasteiger partial charge is 0.352 e. The third-order valence-electron chi connectivity index (χ3n) is 8.35. The fourth-order valence-electron chi connectivity index (χ4n) is 5.85. The van der Waals surface area contributed by atoms with Crippen molar-refractivity contribution in [2.45, 2.75) is 65.2 Å². The lowest BCUT2D eigenvalue weighted by molar-refractivity contribution is -0.122. The predicted octanol–water partition coefficient (Wildman–Crippen LogP) is 4.23. The van der Waals surface area contributed by atoms with Gasteiger partial charge in [0.15, 0.2) is 0 Å². The van der Waals surface area contributed by atoms with E-state index in [1.165, 1.54) is 59.6 Å². The Labute approximate surface area is 194 Å². The molecule has 0 amide bonds. The number of aromatic nitrogens is 2. The number of carbonyl (C=O) groups excluding carboxylic acids is 1. The molecule has 2 atom stereocenters. The van der Waals surface area contributed by atoms with Crippen LogP contribution in [-0.2, 0) is 18.9 Å². The Morgan fingerprint density at radius 3 is 1.34 bits per heavy atom. The maximum absolute atomic E-state index is 14.5. The minimum absolute atomic E-state index is 0.0690. The molecule has 0 aliphatic carbocycles. The molecule has 0 radical (unpaired) electrons. The summed E-state index contributed by atoms with van der Waals surface area (Å²) in [6.45, 7) is 14.9. The lowest BCUT2D eigenvalue weighted by Crippen LogP contribution is -2.37. The molecule has 0 spiro atoms. The average molecular weight is 439 g/mol. The van der Waals surface area contributed by atoms with Gasteiger partial charge in [-0.2, -0.15) is 0 Å². The molecule has 5 heteroatoms. The normalized spacial score (nSPS) is 19.7. The summed E-state index contributed by atoms with van der Waals surface area (Å²) in [5.41, 5.74) is 7.42. The van der Waals surface area contributed by atoms with Crippen LogP contribution in [0.25, 0.3) is 0 Å². The van der Waals surface area contributed by atoms with Crippen molar-refractivity contribution >= 4 is 5.78 Å². The van der Waals surface area contributed by atoms with Gasteiger partial charge in [-0.3, -0.25) is 4.79 Å². The summed E-state index contributed by atoms with van der Waals surface area (Å²) in [7, 11) is 4.25. The van der Waals surface area contributed by atoms with Gasteiger partial charge >= 0.3 is 0 Å². The molecule has 5 nitrogen and oxygen atoms in total. The fraction of sp³-hybridized carbons (Fsp3) is 0.667. The highest BCUT2D eigenvalue weighted by Crippen LogP contribution is 2.34. The van der Waals surface area contributed by atoms with Crippen LogP contribution in [-0.4, -0.2) is 64.0 Å². The van der Waals surface area contributed by atoms with Gasteiger partial charge in [0, 0.05) is 50.0 Å². The van der Waals surface area contributed by atoms with E-state index >= 15 is 0 Å². The number of nitrogens with zero attached hydrogens (tertiary/aromatic N) is 4. The summed E-state index contributed by atoms with van der Waals surface area (Å²) in [5, 5.41) is 0. The summed E-state index contributed by atoms with van der Waals surface area (Å²) in [4.78, 5) is 19.5. The third-order valence-corrected chi connectivity index (χ3v) is 8.35. The monoisotopic (exact) mass is 438 g/mol. The van der Waals surface area contributed by atoms with Crippen molar-refractivity contribution in [3.05, 3.63) is 46.0 Å². The molecule has 2 unspecified atom stereocenters. The molecular weight excluding hydrogens is 396 g/mol. The molecule has 2 saturated heterocycles. The zero-order valence-electron chi connectivity index (χ0n) is 21.1. The molecule has 2 aliphatic heterocycles. The van der Waals surface area contributed by atoms with Crippen LogP contribution in [0.15, 0.2) is 12.1 Å². The molecule has 2 aliphatic rings. The maximum atomic E-state index is 14.5. The molecule has 2 aromatic rings. The molecule has 0 aromatic carbocycles. The first-order valence-corrected chi connectivity index (χ1v) is 12.5. The second kappa shape index (κ2) is 9.56. The van der Waals surface area contributed by atoms with E-state index in [1.54, 1.807) is 0 Å². The van der Waals surface area contributed by atoms with E-state index in [2.05, 4.69) is 72.9 Å². The maximum Gasteiger partial charge on any atom is 0.150 e. The summed E-state index contributed by atoms with van der Waals surface area (Å²) < 4.78 is 4.49. The highest BCUT2D eigenvalue weighted by atomic mass is 16.1. The second-order valence-electron chi connectivity index (χ2n) is 10.3. The van der Waals surface area contributed by atoms with Gasteiger partial charge in [-0.25, -0.2) is 0 Å². The summed E-state index contributed by atoms with van der Waals surface area (Å²) in [6.07, 6.45) is 5.01. The van der Waals surface area contributed by atoms with E-state index in [9.17, 15) is 4.79 Å². The highest BCUT2D eigenvalue weighted by Gasteiger charge is 2.36. The molecule has 32 heavy (non-hydrogen) atoms. The first-order chi connectivity index (χ1) is 15.3. The Kier molecular flexibility index (Phi) is 6.97. The number of carbonyl (C=O) groups is 1. The van der Waals surface area contributed by atoms with Crippen molar-refractivity contribution in [1.82, 2.24) is 18.9 Å². The molecule has 2 fully saturated rings. The lowest BCUT2D eigenvalue weighted by atomic mass is 9.82. The van der Waals surface area contributed by atoms with E-state index in [0.717, 1.165) is 39.3 Å². The number of ketones is 1. The quantitative estimate of drug-likeness (QED) is 0.619. The first-order valence-electron chi connectivity index (χ1n) is 12.5. The van der Waals surface area contributed by atoms with Crippen LogP contribution < -0.4 is 0 Å². The Hall–Kier alpha value is -1.85. The Balaban J connectivity index is 1.73. The van der Waals surface area contributed by atoms with Crippen LogP contribution in [0.3, 0.4) is 0 Å². The fourth-order valence-corrected chi connectivity index (χ4v) is 5.85. The highest BCUT2D eigenvalue weighted by molar-refractivity contribution is 5.93. The Morgan fingerprint density at radius 2 is 1.06 bits per heavy atom. The second-order valence-corrected chi connectivity index (χ2v) is 10.3. The zero-order valence-corrected chi connectivity index (χ0v) is 21.1. The van der Waals surface area contributed by atoms with Crippen LogP contribution in [0.2, 0.25) is 0 Å². The molecule has 0 bridgehead atoms. The van der Waals surface area contributed by atoms with Crippen LogP contribution >= 0.6 is 0 Å². The number of hydrogen-bond donors (Lipinski definition) is 0. The van der Waals surface area contributed by atoms with Crippen LogP contribution in [0.4, 0.5) is 0 Å². The van der Waals surface area contributed by atoms with Gasteiger partial charge < -0.3 is 18.9 Å². The van der Waals surface area contributed by atoms with Gasteiger partial charge in [0.05, 0.1) is 11.8 Å². The minimum atomic E-state index is -0.0690. The van der Waals surface area contributed by atoms with Gasteiger partial charge in [-0.15, -0.1) is 0 Å².